The fraction of sp³-hybridized carbons (Fsp3) is 0.417. The van der Waals surface area contributed by atoms with E-state index in [0.717, 1.165) is 18.5 Å². The highest BCUT2D eigenvalue weighted by Gasteiger charge is 2.17. The van der Waals surface area contributed by atoms with Gasteiger partial charge in [-0.25, -0.2) is 4.39 Å². The maximum atomic E-state index is 12.6. The quantitative estimate of drug-likeness (QED) is 0.865. The van der Waals surface area contributed by atoms with Crippen molar-refractivity contribution in [3.05, 3.63) is 30.1 Å². The molecule has 0 radical (unpaired) electrons. The van der Waals surface area contributed by atoms with Crippen molar-refractivity contribution >= 4 is 23.9 Å². The molecule has 16 heavy (non-hydrogen) atoms. The Morgan fingerprint density at radius 3 is 2.25 bits per heavy atom. The number of carbonyl (C=O) groups excluding carboxylic acids is 1. The van der Waals surface area contributed by atoms with Crippen LogP contribution in [0.25, 0.3) is 0 Å². The smallest absolute Gasteiger partial charge is 0.133 e. The number of halogens is 2. The van der Waals surface area contributed by atoms with E-state index in [-0.39, 0.29) is 18.2 Å². The molecule has 4 heteroatoms. The molecule has 0 aromatic heterocycles. The summed E-state index contributed by atoms with van der Waals surface area (Å²) in [6.07, 6.45) is 3.10. The van der Waals surface area contributed by atoms with Crippen molar-refractivity contribution < 1.29 is 9.18 Å². The Morgan fingerprint density at radius 2 is 1.69 bits per heavy atom. The third-order valence-electron chi connectivity index (χ3n) is 2.76. The first-order valence-electron chi connectivity index (χ1n) is 5.28. The summed E-state index contributed by atoms with van der Waals surface area (Å²) < 4.78 is 12.6. The van der Waals surface area contributed by atoms with Gasteiger partial charge in [0, 0.05) is 24.6 Å². The zero-order valence-corrected chi connectivity index (χ0v) is 9.73. The van der Waals surface area contributed by atoms with Crippen molar-refractivity contribution in [2.45, 2.75) is 31.7 Å². The lowest BCUT2D eigenvalue weighted by atomic mass is 9.94. The van der Waals surface area contributed by atoms with E-state index in [0.29, 0.717) is 24.7 Å². The van der Waals surface area contributed by atoms with E-state index in [1.807, 2.05) is 0 Å². The molecular weight excluding hydrogens is 229 g/mol. The van der Waals surface area contributed by atoms with Crippen molar-refractivity contribution in [1.29, 1.82) is 0 Å². The zero-order valence-electron chi connectivity index (χ0n) is 8.91. The SMILES string of the molecule is Cl.O=C1CCC(Nc2ccc(F)cc2)CC1. The second kappa shape index (κ2) is 5.85. The monoisotopic (exact) mass is 243 g/mol. The number of hydrogen-bond donors (Lipinski definition) is 1. The van der Waals surface area contributed by atoms with E-state index >= 15 is 0 Å². The van der Waals surface area contributed by atoms with Crippen LogP contribution >= 0.6 is 12.4 Å². The summed E-state index contributed by atoms with van der Waals surface area (Å²) in [4.78, 5) is 11.0. The van der Waals surface area contributed by atoms with Crippen LogP contribution in [0, 0.1) is 5.82 Å². The highest BCUT2D eigenvalue weighted by molar-refractivity contribution is 5.85. The molecule has 0 atom stereocenters. The van der Waals surface area contributed by atoms with Crippen molar-refractivity contribution in [2.75, 3.05) is 5.32 Å². The topological polar surface area (TPSA) is 29.1 Å². The average Bonchev–Trinajstić information content (AvgIpc) is 2.25. The number of hydrogen-bond acceptors (Lipinski definition) is 2. The molecule has 1 saturated carbocycles. The van der Waals surface area contributed by atoms with Crippen molar-refractivity contribution in [3.63, 3.8) is 0 Å². The summed E-state index contributed by atoms with van der Waals surface area (Å²) >= 11 is 0. The number of nitrogens with one attached hydrogen (secondary N) is 1. The standard InChI is InChI=1S/C12H14FNO.ClH/c13-9-1-3-10(4-2-9)14-11-5-7-12(15)8-6-11;/h1-4,11,14H,5-8H2;1H. The summed E-state index contributed by atoms with van der Waals surface area (Å²) in [6.45, 7) is 0. The summed E-state index contributed by atoms with van der Waals surface area (Å²) in [5.41, 5.74) is 0.927. The number of Topliss-reactive ketones (excluding diaryl/α,β-unsaturated/α-hetero) is 1. The predicted molar refractivity (Wildman–Crippen MR) is 64.5 cm³/mol. The van der Waals surface area contributed by atoms with E-state index in [9.17, 15) is 9.18 Å². The van der Waals surface area contributed by atoms with Gasteiger partial charge in [-0.3, -0.25) is 4.79 Å². The van der Waals surface area contributed by atoms with Gasteiger partial charge in [0.15, 0.2) is 0 Å². The van der Waals surface area contributed by atoms with Crippen LogP contribution in [0.3, 0.4) is 0 Å². The van der Waals surface area contributed by atoms with Crippen LogP contribution in [0.5, 0.6) is 0 Å². The first-order valence-corrected chi connectivity index (χ1v) is 5.28. The van der Waals surface area contributed by atoms with Crippen molar-refractivity contribution in [1.82, 2.24) is 0 Å². The van der Waals surface area contributed by atoms with E-state index < -0.39 is 0 Å². The largest absolute Gasteiger partial charge is 0.382 e. The van der Waals surface area contributed by atoms with Crippen LogP contribution in [0.2, 0.25) is 0 Å². The van der Waals surface area contributed by atoms with E-state index in [1.165, 1.54) is 12.1 Å². The van der Waals surface area contributed by atoms with Gasteiger partial charge in [-0.05, 0) is 37.1 Å². The highest BCUT2D eigenvalue weighted by Crippen LogP contribution is 2.19. The first kappa shape index (κ1) is 13.0. The Kier molecular flexibility index (Phi) is 4.74. The number of ketones is 1. The van der Waals surface area contributed by atoms with Gasteiger partial charge in [-0.15, -0.1) is 12.4 Å². The normalized spacial score (nSPS) is 16.7. The van der Waals surface area contributed by atoms with Gasteiger partial charge in [0.25, 0.3) is 0 Å². The van der Waals surface area contributed by atoms with Gasteiger partial charge in [-0.2, -0.15) is 0 Å². The van der Waals surface area contributed by atoms with Crippen LogP contribution < -0.4 is 5.32 Å². The molecule has 0 unspecified atom stereocenters. The second-order valence-corrected chi connectivity index (χ2v) is 3.96. The minimum atomic E-state index is -0.223. The fourth-order valence-corrected chi connectivity index (χ4v) is 1.87. The van der Waals surface area contributed by atoms with Gasteiger partial charge < -0.3 is 5.32 Å². The molecular formula is C12H15ClFNO. The maximum Gasteiger partial charge on any atom is 0.133 e. The molecule has 2 rings (SSSR count). The van der Waals surface area contributed by atoms with Crippen molar-refractivity contribution in [3.8, 4) is 0 Å². The predicted octanol–water partition coefficient (Wildman–Crippen LogP) is 3.17. The van der Waals surface area contributed by atoms with Crippen LogP contribution in [-0.4, -0.2) is 11.8 Å². The minimum Gasteiger partial charge on any atom is -0.382 e. The zero-order chi connectivity index (χ0) is 10.7. The van der Waals surface area contributed by atoms with E-state index in [4.69, 9.17) is 0 Å². The number of carbonyl (C=O) groups is 1. The summed E-state index contributed by atoms with van der Waals surface area (Å²) in [6, 6.07) is 6.69. The Hall–Kier alpha value is -1.09. The van der Waals surface area contributed by atoms with Gasteiger partial charge >= 0.3 is 0 Å². The lowest BCUT2D eigenvalue weighted by molar-refractivity contribution is -0.120. The van der Waals surface area contributed by atoms with Gasteiger partial charge in [0.1, 0.15) is 11.6 Å². The molecule has 1 aliphatic rings. The van der Waals surface area contributed by atoms with E-state index in [2.05, 4.69) is 5.32 Å². The molecule has 2 nitrogen and oxygen atoms in total. The minimum absolute atomic E-state index is 0. The third-order valence-corrected chi connectivity index (χ3v) is 2.76. The average molecular weight is 244 g/mol. The fourth-order valence-electron chi connectivity index (χ4n) is 1.87. The molecule has 88 valence electrons. The molecule has 1 aromatic carbocycles. The first-order chi connectivity index (χ1) is 7.24. The number of anilines is 1. The summed E-state index contributed by atoms with van der Waals surface area (Å²) in [7, 11) is 0. The third kappa shape index (κ3) is 3.49. The Bertz CT molecular complexity index is 343. The Balaban J connectivity index is 0.00000128. The molecule has 0 heterocycles. The van der Waals surface area contributed by atoms with Crippen LogP contribution in [-0.2, 0) is 4.79 Å². The number of rotatable bonds is 2. The van der Waals surface area contributed by atoms with Crippen LogP contribution in [0.15, 0.2) is 24.3 Å². The highest BCUT2D eigenvalue weighted by atomic mass is 35.5. The van der Waals surface area contributed by atoms with E-state index in [1.54, 1.807) is 12.1 Å². The summed E-state index contributed by atoms with van der Waals surface area (Å²) in [5.74, 6) is 0.131. The lowest BCUT2D eigenvalue weighted by Gasteiger charge is -2.23. The molecule has 0 amide bonds. The molecule has 1 aliphatic carbocycles. The van der Waals surface area contributed by atoms with Crippen LogP contribution in [0.1, 0.15) is 25.7 Å². The van der Waals surface area contributed by atoms with Crippen molar-refractivity contribution in [2.24, 2.45) is 0 Å². The summed E-state index contributed by atoms with van der Waals surface area (Å²) in [5, 5.41) is 3.31. The van der Waals surface area contributed by atoms with Gasteiger partial charge in [-0.1, -0.05) is 0 Å². The van der Waals surface area contributed by atoms with Gasteiger partial charge in [0.05, 0.1) is 0 Å². The molecule has 0 saturated heterocycles. The molecule has 0 aliphatic heterocycles. The van der Waals surface area contributed by atoms with Crippen LogP contribution in [0.4, 0.5) is 10.1 Å². The lowest BCUT2D eigenvalue weighted by Crippen LogP contribution is -2.25. The molecule has 1 aromatic rings. The Morgan fingerprint density at radius 1 is 1.12 bits per heavy atom. The number of benzene rings is 1. The molecule has 1 N–H and O–H groups in total. The van der Waals surface area contributed by atoms with Gasteiger partial charge in [0.2, 0.25) is 0 Å². The Labute approximate surface area is 101 Å². The second-order valence-electron chi connectivity index (χ2n) is 3.96. The molecule has 0 bridgehead atoms. The molecule has 0 spiro atoms. The molecule has 1 fully saturated rings. The maximum absolute atomic E-state index is 12.6.